The topological polar surface area (TPSA) is 63.2 Å². The molecule has 1 fully saturated rings. The van der Waals surface area contributed by atoms with E-state index in [0.717, 1.165) is 46.5 Å². The third-order valence-electron chi connectivity index (χ3n) is 5.87. The average molecular weight is 385 g/mol. The summed E-state index contributed by atoms with van der Waals surface area (Å²) in [5, 5.41) is 6.27. The lowest BCUT2D eigenvalue weighted by molar-refractivity contribution is -0.118. The van der Waals surface area contributed by atoms with Crippen molar-refractivity contribution in [3.63, 3.8) is 0 Å². The molecule has 1 aliphatic carbocycles. The standard InChI is InChI=1S/C24H23N3O2/c1-15-4-3-5-17(10-15)18-11-16(2)22(25-13-18)27-23(28)24(8-9-24)19-6-7-21-20(12-19)26-14-29-21/h3-7,10-13,26H,8-9,14H2,1-2H3,(H,25,27,28). The highest BCUT2D eigenvalue weighted by atomic mass is 16.5. The van der Waals surface area contributed by atoms with Crippen molar-refractivity contribution in [3.8, 4) is 16.9 Å². The Bertz CT molecular complexity index is 1120. The Balaban J connectivity index is 1.38. The van der Waals surface area contributed by atoms with Gasteiger partial charge in [-0.25, -0.2) is 4.98 Å². The molecular formula is C24H23N3O2. The predicted molar refractivity (Wildman–Crippen MR) is 114 cm³/mol. The fourth-order valence-electron chi connectivity index (χ4n) is 3.97. The van der Waals surface area contributed by atoms with Crippen molar-refractivity contribution >= 4 is 17.4 Å². The third-order valence-corrected chi connectivity index (χ3v) is 5.87. The number of nitrogens with one attached hydrogen (secondary N) is 2. The molecule has 1 amide bonds. The molecule has 2 aromatic carbocycles. The molecule has 1 saturated carbocycles. The molecule has 2 N–H and O–H groups in total. The Labute approximate surface area is 170 Å². The van der Waals surface area contributed by atoms with Gasteiger partial charge in [-0.15, -0.1) is 0 Å². The second kappa shape index (κ2) is 6.62. The first-order valence-corrected chi connectivity index (χ1v) is 9.91. The molecule has 0 atom stereocenters. The second-order valence-electron chi connectivity index (χ2n) is 7.97. The number of hydrogen-bond acceptors (Lipinski definition) is 4. The van der Waals surface area contributed by atoms with Gasteiger partial charge < -0.3 is 15.4 Å². The van der Waals surface area contributed by atoms with Crippen molar-refractivity contribution < 1.29 is 9.53 Å². The van der Waals surface area contributed by atoms with E-state index in [0.29, 0.717) is 12.5 Å². The summed E-state index contributed by atoms with van der Waals surface area (Å²) in [6, 6.07) is 16.4. The number of rotatable bonds is 4. The largest absolute Gasteiger partial charge is 0.471 e. The number of hydrogen-bond donors (Lipinski definition) is 2. The van der Waals surface area contributed by atoms with Crippen LogP contribution in [-0.4, -0.2) is 17.6 Å². The van der Waals surface area contributed by atoms with Gasteiger partial charge in [-0.05, 0) is 61.6 Å². The van der Waals surface area contributed by atoms with Gasteiger partial charge in [-0.2, -0.15) is 0 Å². The summed E-state index contributed by atoms with van der Waals surface area (Å²) in [5.74, 6) is 1.48. The number of fused-ring (bicyclic) bond motifs is 1. The summed E-state index contributed by atoms with van der Waals surface area (Å²) >= 11 is 0. The maximum absolute atomic E-state index is 13.1. The van der Waals surface area contributed by atoms with Gasteiger partial charge in [0.25, 0.3) is 0 Å². The Hall–Kier alpha value is -3.34. The van der Waals surface area contributed by atoms with Crippen LogP contribution in [0.3, 0.4) is 0 Å². The number of anilines is 2. The zero-order valence-electron chi connectivity index (χ0n) is 16.6. The molecule has 5 nitrogen and oxygen atoms in total. The minimum Gasteiger partial charge on any atom is -0.471 e. The van der Waals surface area contributed by atoms with Crippen molar-refractivity contribution in [1.29, 1.82) is 0 Å². The van der Waals surface area contributed by atoms with Crippen molar-refractivity contribution in [2.24, 2.45) is 0 Å². The van der Waals surface area contributed by atoms with Crippen molar-refractivity contribution in [3.05, 3.63) is 71.4 Å². The highest BCUT2D eigenvalue weighted by molar-refractivity contribution is 6.01. The molecule has 0 radical (unpaired) electrons. The van der Waals surface area contributed by atoms with Crippen molar-refractivity contribution in [2.45, 2.75) is 32.1 Å². The first kappa shape index (κ1) is 17.7. The fourth-order valence-corrected chi connectivity index (χ4v) is 3.97. The Morgan fingerprint density at radius 1 is 1.10 bits per heavy atom. The van der Waals surface area contributed by atoms with Crippen LogP contribution in [0.2, 0.25) is 0 Å². The smallest absolute Gasteiger partial charge is 0.236 e. The number of carbonyl (C=O) groups excluding carboxylic acids is 1. The number of aryl methyl sites for hydroxylation is 2. The normalized spacial score (nSPS) is 15.8. The van der Waals surface area contributed by atoms with Gasteiger partial charge in [0.2, 0.25) is 5.91 Å². The van der Waals surface area contributed by atoms with E-state index in [4.69, 9.17) is 4.74 Å². The molecule has 0 spiro atoms. The van der Waals surface area contributed by atoms with Gasteiger partial charge in [0, 0.05) is 11.8 Å². The van der Waals surface area contributed by atoms with E-state index in [-0.39, 0.29) is 5.91 Å². The number of ether oxygens (including phenoxy) is 1. The lowest BCUT2D eigenvalue weighted by Gasteiger charge is -2.17. The SMILES string of the molecule is Cc1cccc(-c2cnc(NC(=O)C3(c4ccc5c(c4)NCO5)CC3)c(C)c2)c1. The van der Waals surface area contributed by atoms with Crippen molar-refractivity contribution in [1.82, 2.24) is 4.98 Å². The molecule has 5 heteroatoms. The minimum atomic E-state index is -0.470. The number of benzene rings is 2. The zero-order chi connectivity index (χ0) is 20.0. The number of nitrogens with zero attached hydrogens (tertiary/aromatic N) is 1. The van der Waals surface area contributed by atoms with Crippen LogP contribution in [0.4, 0.5) is 11.5 Å². The van der Waals surface area contributed by atoms with E-state index in [1.54, 1.807) is 0 Å². The molecule has 0 unspecified atom stereocenters. The first-order chi connectivity index (χ1) is 14.0. The summed E-state index contributed by atoms with van der Waals surface area (Å²) in [7, 11) is 0. The van der Waals surface area contributed by atoms with Gasteiger partial charge >= 0.3 is 0 Å². The van der Waals surface area contributed by atoms with Crippen LogP contribution in [0.15, 0.2) is 54.7 Å². The van der Waals surface area contributed by atoms with Gasteiger partial charge in [0.1, 0.15) is 11.6 Å². The Morgan fingerprint density at radius 3 is 2.72 bits per heavy atom. The monoisotopic (exact) mass is 385 g/mol. The molecule has 146 valence electrons. The molecule has 0 bridgehead atoms. The zero-order valence-corrected chi connectivity index (χ0v) is 16.6. The van der Waals surface area contributed by atoms with E-state index in [2.05, 4.69) is 46.8 Å². The molecule has 5 rings (SSSR count). The fraction of sp³-hybridized carbons (Fsp3) is 0.250. The van der Waals surface area contributed by atoms with Crippen LogP contribution in [0.1, 0.15) is 29.5 Å². The predicted octanol–water partition coefficient (Wildman–Crippen LogP) is 4.80. The van der Waals surface area contributed by atoms with Crippen LogP contribution in [0, 0.1) is 13.8 Å². The lowest BCUT2D eigenvalue weighted by Crippen LogP contribution is -2.28. The number of aromatic nitrogens is 1. The van der Waals surface area contributed by atoms with E-state index < -0.39 is 5.41 Å². The summed E-state index contributed by atoms with van der Waals surface area (Å²) in [6.45, 7) is 4.54. The summed E-state index contributed by atoms with van der Waals surface area (Å²) < 4.78 is 5.49. The van der Waals surface area contributed by atoms with E-state index in [1.165, 1.54) is 5.56 Å². The van der Waals surface area contributed by atoms with Crippen LogP contribution in [0.25, 0.3) is 11.1 Å². The number of amides is 1. The van der Waals surface area contributed by atoms with Gasteiger partial charge in [0.15, 0.2) is 6.73 Å². The van der Waals surface area contributed by atoms with Gasteiger partial charge in [0.05, 0.1) is 11.1 Å². The number of carbonyl (C=O) groups is 1. The Morgan fingerprint density at radius 2 is 1.97 bits per heavy atom. The lowest BCUT2D eigenvalue weighted by atomic mass is 9.94. The molecule has 2 aliphatic rings. The highest BCUT2D eigenvalue weighted by Gasteiger charge is 2.51. The van der Waals surface area contributed by atoms with E-state index in [1.807, 2.05) is 37.4 Å². The maximum Gasteiger partial charge on any atom is 0.236 e. The third kappa shape index (κ3) is 3.12. The van der Waals surface area contributed by atoms with Crippen LogP contribution < -0.4 is 15.4 Å². The van der Waals surface area contributed by atoms with E-state index >= 15 is 0 Å². The molecule has 1 aromatic heterocycles. The Kier molecular flexibility index (Phi) is 4.05. The summed E-state index contributed by atoms with van der Waals surface area (Å²) in [6.07, 6.45) is 3.52. The maximum atomic E-state index is 13.1. The van der Waals surface area contributed by atoms with Crippen molar-refractivity contribution in [2.75, 3.05) is 17.4 Å². The van der Waals surface area contributed by atoms with Crippen LogP contribution in [0.5, 0.6) is 5.75 Å². The molecule has 0 saturated heterocycles. The quantitative estimate of drug-likeness (QED) is 0.677. The van der Waals surface area contributed by atoms with Crippen LogP contribution in [-0.2, 0) is 10.2 Å². The molecule has 1 aliphatic heterocycles. The molecular weight excluding hydrogens is 362 g/mol. The van der Waals surface area contributed by atoms with Gasteiger partial charge in [-0.3, -0.25) is 4.79 Å². The summed E-state index contributed by atoms with van der Waals surface area (Å²) in [5.41, 5.74) is 5.86. The van der Waals surface area contributed by atoms with Gasteiger partial charge in [-0.1, -0.05) is 35.9 Å². The molecule has 3 aromatic rings. The highest BCUT2D eigenvalue weighted by Crippen LogP contribution is 2.50. The minimum absolute atomic E-state index is 0.00951. The summed E-state index contributed by atoms with van der Waals surface area (Å²) in [4.78, 5) is 17.7. The molecule has 29 heavy (non-hydrogen) atoms. The second-order valence-corrected chi connectivity index (χ2v) is 7.97. The van der Waals surface area contributed by atoms with Crippen LogP contribution >= 0.6 is 0 Å². The van der Waals surface area contributed by atoms with E-state index in [9.17, 15) is 4.79 Å². The molecule has 2 heterocycles. The average Bonchev–Trinajstić information content (AvgIpc) is 3.40. The first-order valence-electron chi connectivity index (χ1n) is 9.91. The number of pyridine rings is 1.